The van der Waals surface area contributed by atoms with E-state index in [1.165, 1.54) is 13.2 Å². The van der Waals surface area contributed by atoms with Gasteiger partial charge in [0.25, 0.3) is 11.5 Å². The highest BCUT2D eigenvalue weighted by atomic mass is 32.1. The Morgan fingerprint density at radius 3 is 2.63 bits per heavy atom. The molecule has 8 heteroatoms. The lowest BCUT2D eigenvalue weighted by Gasteiger charge is -2.24. The topological polar surface area (TPSA) is 105 Å². The van der Waals surface area contributed by atoms with Gasteiger partial charge in [-0.15, -0.1) is 11.3 Å². The number of ether oxygens (including phenoxy) is 1. The minimum absolute atomic E-state index is 0.0186. The maximum atomic E-state index is 12.7. The van der Waals surface area contributed by atoms with Gasteiger partial charge in [0.1, 0.15) is 10.4 Å². The average molecular weight is 422 g/mol. The molecule has 1 amide bonds. The molecule has 0 spiro atoms. The molecule has 30 heavy (non-hydrogen) atoms. The number of fused-ring (bicyclic) bond motifs is 1. The first-order valence-corrected chi connectivity index (χ1v) is 10.2. The summed E-state index contributed by atoms with van der Waals surface area (Å²) in [5, 5.41) is 4.19. The van der Waals surface area contributed by atoms with Crippen LogP contribution < -0.4 is 10.9 Å². The highest BCUT2D eigenvalue weighted by molar-refractivity contribution is 7.12. The van der Waals surface area contributed by atoms with Gasteiger partial charge in [0, 0.05) is 17.7 Å². The van der Waals surface area contributed by atoms with Gasteiger partial charge in [0.15, 0.2) is 5.78 Å². The maximum absolute atomic E-state index is 12.7. The first kappa shape index (κ1) is 19.8. The van der Waals surface area contributed by atoms with Crippen LogP contribution in [-0.2, 0) is 11.2 Å². The molecule has 0 saturated heterocycles. The SMILES string of the molecule is COC(=O)c1sccc1NC(=O)c1cc2c([nH]c1=O)C[C@H](c1ccccc1)CC2=O. The minimum atomic E-state index is -0.694. The van der Waals surface area contributed by atoms with Gasteiger partial charge in [-0.05, 0) is 35.4 Å². The van der Waals surface area contributed by atoms with E-state index in [2.05, 4.69) is 15.0 Å². The van der Waals surface area contributed by atoms with Crippen LogP contribution in [-0.4, -0.2) is 29.8 Å². The van der Waals surface area contributed by atoms with Crippen molar-refractivity contribution in [2.45, 2.75) is 18.8 Å². The predicted molar refractivity (Wildman–Crippen MR) is 113 cm³/mol. The fourth-order valence-corrected chi connectivity index (χ4v) is 4.37. The van der Waals surface area contributed by atoms with Crippen molar-refractivity contribution in [2.24, 2.45) is 0 Å². The van der Waals surface area contributed by atoms with E-state index in [0.717, 1.165) is 16.9 Å². The number of carbonyl (C=O) groups excluding carboxylic acids is 3. The fourth-order valence-electron chi connectivity index (χ4n) is 3.61. The molecule has 2 aromatic heterocycles. The molecule has 3 aromatic rings. The molecule has 0 saturated carbocycles. The molecule has 0 bridgehead atoms. The second kappa shape index (κ2) is 8.08. The minimum Gasteiger partial charge on any atom is -0.465 e. The number of Topliss-reactive ketones (excluding diaryl/α,β-unsaturated/α-hetero) is 1. The molecule has 152 valence electrons. The Bertz CT molecular complexity index is 1200. The van der Waals surface area contributed by atoms with Crippen molar-refractivity contribution in [3.63, 3.8) is 0 Å². The van der Waals surface area contributed by atoms with E-state index in [4.69, 9.17) is 0 Å². The van der Waals surface area contributed by atoms with E-state index >= 15 is 0 Å². The Balaban J connectivity index is 1.62. The van der Waals surface area contributed by atoms with Crippen molar-refractivity contribution in [3.8, 4) is 0 Å². The molecule has 1 aliphatic carbocycles. The molecule has 0 aliphatic heterocycles. The van der Waals surface area contributed by atoms with Crippen LogP contribution in [0.25, 0.3) is 0 Å². The van der Waals surface area contributed by atoms with Crippen molar-refractivity contribution in [2.75, 3.05) is 12.4 Å². The number of ketones is 1. The summed E-state index contributed by atoms with van der Waals surface area (Å²) < 4.78 is 4.69. The molecule has 0 fully saturated rings. The second-order valence-electron chi connectivity index (χ2n) is 6.95. The Labute approximate surface area is 175 Å². The largest absolute Gasteiger partial charge is 0.465 e. The molecule has 4 rings (SSSR count). The summed E-state index contributed by atoms with van der Waals surface area (Å²) in [6.07, 6.45) is 0.820. The Morgan fingerprint density at radius 1 is 1.13 bits per heavy atom. The van der Waals surface area contributed by atoms with Gasteiger partial charge in [0.2, 0.25) is 0 Å². The summed E-state index contributed by atoms with van der Waals surface area (Å²) in [7, 11) is 1.25. The molecular weight excluding hydrogens is 404 g/mol. The number of anilines is 1. The monoisotopic (exact) mass is 422 g/mol. The van der Waals surface area contributed by atoms with Gasteiger partial charge < -0.3 is 15.0 Å². The van der Waals surface area contributed by atoms with Crippen LogP contribution in [0.15, 0.2) is 52.6 Å². The van der Waals surface area contributed by atoms with Crippen molar-refractivity contribution in [3.05, 3.63) is 85.5 Å². The summed E-state index contributed by atoms with van der Waals surface area (Å²) in [6, 6.07) is 12.6. The van der Waals surface area contributed by atoms with E-state index < -0.39 is 17.4 Å². The molecule has 0 radical (unpaired) electrons. The Hall–Kier alpha value is -3.52. The normalized spacial score (nSPS) is 15.4. The molecule has 7 nitrogen and oxygen atoms in total. The highest BCUT2D eigenvalue weighted by Gasteiger charge is 2.29. The van der Waals surface area contributed by atoms with Crippen LogP contribution in [0.5, 0.6) is 0 Å². The molecule has 1 aromatic carbocycles. The van der Waals surface area contributed by atoms with Crippen LogP contribution in [0, 0.1) is 0 Å². The fraction of sp³-hybridized carbons (Fsp3) is 0.182. The van der Waals surface area contributed by atoms with Crippen molar-refractivity contribution < 1.29 is 19.1 Å². The number of nitrogens with one attached hydrogen (secondary N) is 2. The molecule has 0 unspecified atom stereocenters. The number of aromatic nitrogens is 1. The zero-order chi connectivity index (χ0) is 21.3. The number of methoxy groups -OCH3 is 1. The van der Waals surface area contributed by atoms with Gasteiger partial charge >= 0.3 is 5.97 Å². The number of pyridine rings is 1. The number of hydrogen-bond donors (Lipinski definition) is 2. The van der Waals surface area contributed by atoms with E-state index in [9.17, 15) is 19.2 Å². The van der Waals surface area contributed by atoms with Gasteiger partial charge in [-0.25, -0.2) is 4.79 Å². The van der Waals surface area contributed by atoms with Crippen LogP contribution in [0.3, 0.4) is 0 Å². The number of amides is 1. The van der Waals surface area contributed by atoms with Crippen molar-refractivity contribution >= 4 is 34.7 Å². The third-order valence-electron chi connectivity index (χ3n) is 5.11. The number of hydrogen-bond acceptors (Lipinski definition) is 6. The first-order chi connectivity index (χ1) is 14.5. The number of carbonyl (C=O) groups is 3. The van der Waals surface area contributed by atoms with E-state index in [0.29, 0.717) is 24.1 Å². The highest BCUT2D eigenvalue weighted by Crippen LogP contribution is 2.31. The number of aromatic amines is 1. The van der Waals surface area contributed by atoms with E-state index in [1.54, 1.807) is 11.4 Å². The summed E-state index contributed by atoms with van der Waals surface area (Å²) in [6.45, 7) is 0. The van der Waals surface area contributed by atoms with Crippen molar-refractivity contribution in [1.29, 1.82) is 0 Å². The Kier molecular flexibility index (Phi) is 5.33. The molecule has 1 atom stereocenters. The van der Waals surface area contributed by atoms with Crippen LogP contribution >= 0.6 is 11.3 Å². The quantitative estimate of drug-likeness (QED) is 0.627. The van der Waals surface area contributed by atoms with Crippen LogP contribution in [0.1, 0.15) is 54.0 Å². The third kappa shape index (κ3) is 3.69. The predicted octanol–water partition coefficient (Wildman–Crippen LogP) is 3.39. The number of benzene rings is 1. The third-order valence-corrected chi connectivity index (χ3v) is 6.00. The number of thiophene rings is 1. The lowest BCUT2D eigenvalue weighted by Crippen LogP contribution is -2.29. The summed E-state index contributed by atoms with van der Waals surface area (Å²) in [5.74, 6) is -1.42. The summed E-state index contributed by atoms with van der Waals surface area (Å²) in [5.41, 5.74) is 1.42. The maximum Gasteiger partial charge on any atom is 0.350 e. The van der Waals surface area contributed by atoms with Gasteiger partial charge in [-0.2, -0.15) is 0 Å². The van der Waals surface area contributed by atoms with Gasteiger partial charge in [0.05, 0.1) is 12.8 Å². The number of esters is 1. The molecule has 2 N–H and O–H groups in total. The zero-order valence-electron chi connectivity index (χ0n) is 16.1. The molecule has 2 heterocycles. The van der Waals surface area contributed by atoms with Crippen LogP contribution in [0.4, 0.5) is 5.69 Å². The molecule has 1 aliphatic rings. The molecular formula is C22H18N2O5S. The van der Waals surface area contributed by atoms with E-state index in [1.807, 2.05) is 30.3 Å². The lowest BCUT2D eigenvalue weighted by molar-refractivity contribution is 0.0607. The lowest BCUT2D eigenvalue weighted by atomic mass is 9.81. The first-order valence-electron chi connectivity index (χ1n) is 9.29. The summed E-state index contributed by atoms with van der Waals surface area (Å²) >= 11 is 1.12. The van der Waals surface area contributed by atoms with Gasteiger partial charge in [-0.3, -0.25) is 14.4 Å². The smallest absolute Gasteiger partial charge is 0.350 e. The van der Waals surface area contributed by atoms with Crippen LogP contribution in [0.2, 0.25) is 0 Å². The van der Waals surface area contributed by atoms with E-state index in [-0.39, 0.29) is 27.8 Å². The number of rotatable bonds is 4. The van der Waals surface area contributed by atoms with Crippen molar-refractivity contribution in [1.82, 2.24) is 4.98 Å². The summed E-state index contributed by atoms with van der Waals surface area (Å²) in [4.78, 5) is 52.7. The second-order valence-corrected chi connectivity index (χ2v) is 7.87. The van der Waals surface area contributed by atoms with Gasteiger partial charge in [-0.1, -0.05) is 30.3 Å². The average Bonchev–Trinajstić information content (AvgIpc) is 3.21. The Morgan fingerprint density at radius 2 is 1.90 bits per heavy atom. The standard InChI is InChI=1S/C22H18N2O5S/c1-29-22(28)19-16(7-8-30-19)23-20(26)15-11-14-17(24-21(15)27)9-13(10-18(14)25)12-5-3-2-4-6-12/h2-8,11,13H,9-10H2,1H3,(H,23,26)(H,24,27)/t13-/m0/s1. The zero-order valence-corrected chi connectivity index (χ0v) is 16.9. The number of H-pyrrole nitrogens is 1.